The Labute approximate surface area is 124 Å². The Morgan fingerprint density at radius 2 is 2.10 bits per heavy atom. The molecule has 0 saturated carbocycles. The van der Waals surface area contributed by atoms with Gasteiger partial charge in [-0.15, -0.1) is 0 Å². The van der Waals surface area contributed by atoms with Crippen LogP contribution < -0.4 is 5.32 Å². The van der Waals surface area contributed by atoms with Crippen molar-refractivity contribution in [2.45, 2.75) is 39.2 Å². The van der Waals surface area contributed by atoms with Gasteiger partial charge < -0.3 is 5.32 Å². The molecule has 0 aliphatic rings. The summed E-state index contributed by atoms with van der Waals surface area (Å²) in [6, 6.07) is 3.47. The fourth-order valence-electron chi connectivity index (χ4n) is 2.12. The van der Waals surface area contributed by atoms with Crippen LogP contribution in [0.15, 0.2) is 24.5 Å². The summed E-state index contributed by atoms with van der Waals surface area (Å²) in [6.45, 7) is 6.03. The zero-order valence-corrected chi connectivity index (χ0v) is 12.9. The molecule has 0 fully saturated rings. The van der Waals surface area contributed by atoms with Crippen molar-refractivity contribution in [1.82, 2.24) is 25.1 Å². The first-order chi connectivity index (χ1) is 10.0. The van der Waals surface area contributed by atoms with Gasteiger partial charge in [-0.1, -0.05) is 20.8 Å². The lowest BCUT2D eigenvalue weighted by molar-refractivity contribution is 0.0928. The highest BCUT2D eigenvalue weighted by atomic mass is 16.1. The fraction of sp³-hybridized carbons (Fsp3) is 0.467. The standard InChI is InChI=1S/C15H21N5O/c1-5-11(13-7-9-17-20(13)4)19-15(21)12-6-8-16-14(18-12)10(2)3/h6-11H,5H2,1-4H3,(H,19,21). The van der Waals surface area contributed by atoms with E-state index < -0.39 is 0 Å². The van der Waals surface area contributed by atoms with Crippen molar-refractivity contribution in [3.63, 3.8) is 0 Å². The minimum atomic E-state index is -0.188. The highest BCUT2D eigenvalue weighted by Crippen LogP contribution is 2.16. The molecule has 0 spiro atoms. The summed E-state index contributed by atoms with van der Waals surface area (Å²) in [7, 11) is 1.87. The van der Waals surface area contributed by atoms with E-state index in [4.69, 9.17) is 0 Å². The van der Waals surface area contributed by atoms with E-state index >= 15 is 0 Å². The van der Waals surface area contributed by atoms with E-state index in [0.717, 1.165) is 12.1 Å². The minimum Gasteiger partial charge on any atom is -0.342 e. The topological polar surface area (TPSA) is 72.7 Å². The molecule has 2 aromatic heterocycles. The van der Waals surface area contributed by atoms with Gasteiger partial charge in [0.05, 0.1) is 11.7 Å². The first-order valence-electron chi connectivity index (χ1n) is 7.14. The SMILES string of the molecule is CCC(NC(=O)c1ccnc(C(C)C)n1)c1ccnn1C. The molecule has 1 unspecified atom stereocenters. The fourth-order valence-corrected chi connectivity index (χ4v) is 2.12. The monoisotopic (exact) mass is 287 g/mol. The highest BCUT2D eigenvalue weighted by molar-refractivity contribution is 5.92. The summed E-state index contributed by atoms with van der Waals surface area (Å²) < 4.78 is 1.77. The quantitative estimate of drug-likeness (QED) is 0.915. The van der Waals surface area contributed by atoms with Crippen molar-refractivity contribution in [2.75, 3.05) is 0 Å². The van der Waals surface area contributed by atoms with Gasteiger partial charge in [0.2, 0.25) is 0 Å². The third-order valence-corrected chi connectivity index (χ3v) is 3.35. The zero-order chi connectivity index (χ0) is 15.4. The average Bonchev–Trinajstić information content (AvgIpc) is 2.90. The van der Waals surface area contributed by atoms with Crippen molar-refractivity contribution in [1.29, 1.82) is 0 Å². The Kier molecular flexibility index (Phi) is 4.67. The molecule has 0 aliphatic carbocycles. The number of carbonyl (C=O) groups is 1. The van der Waals surface area contributed by atoms with Crippen LogP contribution in [0.4, 0.5) is 0 Å². The van der Waals surface area contributed by atoms with Crippen molar-refractivity contribution in [2.24, 2.45) is 7.05 Å². The summed E-state index contributed by atoms with van der Waals surface area (Å²) in [5.74, 6) is 0.681. The predicted molar refractivity (Wildman–Crippen MR) is 79.8 cm³/mol. The van der Waals surface area contributed by atoms with Crippen LogP contribution >= 0.6 is 0 Å². The van der Waals surface area contributed by atoms with Crippen LogP contribution in [-0.4, -0.2) is 25.7 Å². The second-order valence-electron chi connectivity index (χ2n) is 5.27. The Bertz CT molecular complexity index is 620. The van der Waals surface area contributed by atoms with Crippen LogP contribution in [0.5, 0.6) is 0 Å². The van der Waals surface area contributed by atoms with Crippen molar-refractivity contribution < 1.29 is 4.79 Å². The number of aryl methyl sites for hydroxylation is 1. The van der Waals surface area contributed by atoms with Gasteiger partial charge >= 0.3 is 0 Å². The largest absolute Gasteiger partial charge is 0.342 e. The molecule has 0 bridgehead atoms. The van der Waals surface area contributed by atoms with Crippen LogP contribution in [0.25, 0.3) is 0 Å². The normalized spacial score (nSPS) is 12.4. The van der Waals surface area contributed by atoms with E-state index in [2.05, 4.69) is 20.4 Å². The van der Waals surface area contributed by atoms with Gasteiger partial charge in [0.15, 0.2) is 0 Å². The number of hydrogen-bond acceptors (Lipinski definition) is 4. The molecule has 112 valence electrons. The van der Waals surface area contributed by atoms with Crippen LogP contribution in [0.1, 0.15) is 61.2 Å². The van der Waals surface area contributed by atoms with E-state index in [1.165, 1.54) is 0 Å². The van der Waals surface area contributed by atoms with Gasteiger partial charge in [0.25, 0.3) is 5.91 Å². The van der Waals surface area contributed by atoms with E-state index in [1.54, 1.807) is 23.1 Å². The summed E-state index contributed by atoms with van der Waals surface area (Å²) >= 11 is 0. The predicted octanol–water partition coefficient (Wildman–Crippen LogP) is 2.21. The van der Waals surface area contributed by atoms with Gasteiger partial charge in [-0.3, -0.25) is 9.48 Å². The molecular formula is C15H21N5O. The van der Waals surface area contributed by atoms with E-state index in [0.29, 0.717) is 11.5 Å². The van der Waals surface area contributed by atoms with Gasteiger partial charge in [-0.25, -0.2) is 9.97 Å². The number of hydrogen-bond donors (Lipinski definition) is 1. The molecule has 0 aliphatic heterocycles. The number of amides is 1. The molecule has 21 heavy (non-hydrogen) atoms. The molecule has 1 N–H and O–H groups in total. The van der Waals surface area contributed by atoms with E-state index in [9.17, 15) is 4.79 Å². The number of rotatable bonds is 5. The van der Waals surface area contributed by atoms with Crippen LogP contribution in [-0.2, 0) is 7.05 Å². The van der Waals surface area contributed by atoms with Gasteiger partial charge in [0.1, 0.15) is 11.5 Å². The van der Waals surface area contributed by atoms with Gasteiger partial charge in [-0.2, -0.15) is 5.10 Å². The maximum Gasteiger partial charge on any atom is 0.270 e. The average molecular weight is 287 g/mol. The molecule has 2 heterocycles. The second-order valence-corrected chi connectivity index (χ2v) is 5.27. The molecule has 0 aromatic carbocycles. The van der Waals surface area contributed by atoms with Crippen LogP contribution in [0, 0.1) is 0 Å². The third kappa shape index (κ3) is 3.45. The molecule has 0 radical (unpaired) electrons. The van der Waals surface area contributed by atoms with Crippen molar-refractivity contribution in [3.05, 3.63) is 41.7 Å². The third-order valence-electron chi connectivity index (χ3n) is 3.35. The summed E-state index contributed by atoms with van der Waals surface area (Å²) in [4.78, 5) is 20.9. The van der Waals surface area contributed by atoms with Gasteiger partial charge in [0, 0.05) is 25.4 Å². The highest BCUT2D eigenvalue weighted by Gasteiger charge is 2.18. The molecule has 1 atom stereocenters. The molecule has 2 rings (SSSR count). The van der Waals surface area contributed by atoms with E-state index in [-0.39, 0.29) is 17.9 Å². The number of carbonyl (C=O) groups excluding carboxylic acids is 1. The first-order valence-corrected chi connectivity index (χ1v) is 7.14. The summed E-state index contributed by atoms with van der Waals surface area (Å²) in [6.07, 6.45) is 4.14. The maximum absolute atomic E-state index is 12.4. The lowest BCUT2D eigenvalue weighted by Gasteiger charge is -2.17. The lowest BCUT2D eigenvalue weighted by atomic mass is 10.1. The Morgan fingerprint density at radius 1 is 1.33 bits per heavy atom. The first kappa shape index (κ1) is 15.2. The second kappa shape index (κ2) is 6.47. The number of nitrogens with zero attached hydrogens (tertiary/aromatic N) is 4. The molecule has 0 saturated heterocycles. The van der Waals surface area contributed by atoms with Crippen molar-refractivity contribution in [3.8, 4) is 0 Å². The smallest absolute Gasteiger partial charge is 0.270 e. The maximum atomic E-state index is 12.4. The summed E-state index contributed by atoms with van der Waals surface area (Å²) in [5, 5.41) is 7.14. The summed E-state index contributed by atoms with van der Waals surface area (Å²) in [5.41, 5.74) is 1.37. The molecule has 6 heteroatoms. The molecule has 1 amide bonds. The zero-order valence-electron chi connectivity index (χ0n) is 12.9. The lowest BCUT2D eigenvalue weighted by Crippen LogP contribution is -2.30. The molecule has 6 nitrogen and oxygen atoms in total. The molecule has 2 aromatic rings. The van der Waals surface area contributed by atoms with E-state index in [1.807, 2.05) is 33.9 Å². The molecular weight excluding hydrogens is 266 g/mol. The Balaban J connectivity index is 2.17. The van der Waals surface area contributed by atoms with Gasteiger partial charge in [-0.05, 0) is 18.6 Å². The number of aromatic nitrogens is 4. The number of nitrogens with one attached hydrogen (secondary N) is 1. The van der Waals surface area contributed by atoms with Crippen LogP contribution in [0.2, 0.25) is 0 Å². The van der Waals surface area contributed by atoms with Crippen molar-refractivity contribution >= 4 is 5.91 Å². The Hall–Kier alpha value is -2.24. The minimum absolute atomic E-state index is 0.0811. The van der Waals surface area contributed by atoms with Crippen LogP contribution in [0.3, 0.4) is 0 Å². The Morgan fingerprint density at radius 3 is 2.67 bits per heavy atom.